The molecule has 0 fully saturated rings. The first kappa shape index (κ1) is 12.5. The van der Waals surface area contributed by atoms with Gasteiger partial charge in [-0.2, -0.15) is 0 Å². The number of imidazole rings is 1. The summed E-state index contributed by atoms with van der Waals surface area (Å²) in [5.74, 6) is 1.32. The van der Waals surface area contributed by atoms with Crippen LogP contribution < -0.4 is 5.56 Å². The zero-order chi connectivity index (χ0) is 13.0. The fourth-order valence-electron chi connectivity index (χ4n) is 1.95. The highest BCUT2D eigenvalue weighted by Gasteiger charge is 2.10. The zero-order valence-electron chi connectivity index (χ0n) is 10.8. The summed E-state index contributed by atoms with van der Waals surface area (Å²) in [7, 11) is 0. The predicted octanol–water partition coefficient (Wildman–Crippen LogP) is 1.79. The lowest BCUT2D eigenvalue weighted by Gasteiger charge is -2.08. The molecule has 0 saturated heterocycles. The van der Waals surface area contributed by atoms with Crippen LogP contribution in [0.25, 0.3) is 5.82 Å². The Balaban J connectivity index is 2.47. The van der Waals surface area contributed by atoms with Crippen LogP contribution in [-0.2, 0) is 13.0 Å². The van der Waals surface area contributed by atoms with Gasteiger partial charge in [-0.05, 0) is 12.8 Å². The third-order valence-electron chi connectivity index (χ3n) is 2.78. The smallest absolute Gasteiger partial charge is 0.294 e. The van der Waals surface area contributed by atoms with Crippen LogP contribution in [0.1, 0.15) is 32.5 Å². The van der Waals surface area contributed by atoms with Gasteiger partial charge in [-0.1, -0.05) is 13.8 Å². The summed E-state index contributed by atoms with van der Waals surface area (Å²) in [6.45, 7) is 4.85. The minimum atomic E-state index is -0.0605. The van der Waals surface area contributed by atoms with E-state index in [2.05, 4.69) is 16.9 Å². The lowest BCUT2D eigenvalue weighted by Crippen LogP contribution is -2.25. The van der Waals surface area contributed by atoms with Crippen LogP contribution in [0.3, 0.4) is 0 Å². The molecule has 0 aliphatic rings. The fourth-order valence-corrected chi connectivity index (χ4v) is 1.95. The largest absolute Gasteiger partial charge is 0.311 e. The number of aromatic nitrogens is 4. The zero-order valence-corrected chi connectivity index (χ0v) is 10.8. The van der Waals surface area contributed by atoms with E-state index in [4.69, 9.17) is 0 Å². The molecule has 0 unspecified atom stereocenters. The SMILES string of the molecule is CCCc1nccn1-c1nccn(CCC)c1=O. The molecule has 18 heavy (non-hydrogen) atoms. The molecular weight excluding hydrogens is 228 g/mol. The molecule has 2 heterocycles. The highest BCUT2D eigenvalue weighted by atomic mass is 16.1. The maximum atomic E-state index is 12.3. The number of hydrogen-bond donors (Lipinski definition) is 0. The van der Waals surface area contributed by atoms with Crippen molar-refractivity contribution in [2.24, 2.45) is 0 Å². The van der Waals surface area contributed by atoms with E-state index >= 15 is 0 Å². The molecule has 0 aliphatic carbocycles. The van der Waals surface area contributed by atoms with Crippen LogP contribution in [-0.4, -0.2) is 19.1 Å². The van der Waals surface area contributed by atoms with Crippen molar-refractivity contribution < 1.29 is 0 Å². The summed E-state index contributed by atoms with van der Waals surface area (Å²) in [6, 6.07) is 0. The molecule has 0 spiro atoms. The first-order chi connectivity index (χ1) is 8.77. The number of hydrogen-bond acceptors (Lipinski definition) is 3. The lowest BCUT2D eigenvalue weighted by molar-refractivity contribution is 0.639. The number of nitrogens with zero attached hydrogens (tertiary/aromatic N) is 4. The van der Waals surface area contributed by atoms with Crippen molar-refractivity contribution in [2.45, 2.75) is 39.7 Å². The normalized spacial score (nSPS) is 10.8. The molecule has 0 radical (unpaired) electrons. The van der Waals surface area contributed by atoms with Gasteiger partial charge in [0, 0.05) is 37.8 Å². The van der Waals surface area contributed by atoms with E-state index in [9.17, 15) is 4.79 Å². The minimum Gasteiger partial charge on any atom is -0.311 e. The van der Waals surface area contributed by atoms with E-state index in [0.29, 0.717) is 12.4 Å². The standard InChI is InChI=1S/C13H18N4O/c1-3-5-11-14-7-10-17(11)12-13(18)16(8-4-2)9-6-15-12/h6-7,9-10H,3-5,8H2,1-2H3. The highest BCUT2D eigenvalue weighted by molar-refractivity contribution is 5.21. The van der Waals surface area contributed by atoms with Crippen LogP contribution in [0, 0.1) is 0 Å². The van der Waals surface area contributed by atoms with Gasteiger partial charge in [0.25, 0.3) is 5.56 Å². The molecule has 0 saturated carbocycles. The van der Waals surface area contributed by atoms with Crippen molar-refractivity contribution in [1.82, 2.24) is 19.1 Å². The van der Waals surface area contributed by atoms with Crippen molar-refractivity contribution >= 4 is 0 Å². The van der Waals surface area contributed by atoms with Gasteiger partial charge in [0.05, 0.1) is 0 Å². The Bertz CT molecular complexity index is 570. The van der Waals surface area contributed by atoms with E-state index in [1.54, 1.807) is 33.9 Å². The molecule has 2 rings (SSSR count). The van der Waals surface area contributed by atoms with Crippen molar-refractivity contribution in [2.75, 3.05) is 0 Å². The summed E-state index contributed by atoms with van der Waals surface area (Å²) >= 11 is 0. The summed E-state index contributed by atoms with van der Waals surface area (Å²) in [6.07, 6.45) is 9.67. The number of rotatable bonds is 5. The monoisotopic (exact) mass is 246 g/mol. The van der Waals surface area contributed by atoms with E-state index in [0.717, 1.165) is 25.1 Å². The van der Waals surface area contributed by atoms with E-state index in [1.165, 1.54) is 0 Å². The molecule has 5 heteroatoms. The van der Waals surface area contributed by atoms with Gasteiger partial charge in [-0.25, -0.2) is 9.97 Å². The van der Waals surface area contributed by atoms with Gasteiger partial charge in [0.1, 0.15) is 5.82 Å². The molecule has 0 atom stereocenters. The van der Waals surface area contributed by atoms with Crippen LogP contribution in [0.2, 0.25) is 0 Å². The van der Waals surface area contributed by atoms with Gasteiger partial charge in [0.15, 0.2) is 0 Å². The Morgan fingerprint density at radius 3 is 2.61 bits per heavy atom. The van der Waals surface area contributed by atoms with Crippen LogP contribution >= 0.6 is 0 Å². The summed E-state index contributed by atoms with van der Waals surface area (Å²) in [5, 5.41) is 0. The Kier molecular flexibility index (Phi) is 3.92. The second-order valence-corrected chi connectivity index (χ2v) is 4.21. The molecule has 2 aromatic rings. The third-order valence-corrected chi connectivity index (χ3v) is 2.78. The summed E-state index contributed by atoms with van der Waals surface area (Å²) < 4.78 is 3.48. The summed E-state index contributed by atoms with van der Waals surface area (Å²) in [4.78, 5) is 20.7. The second kappa shape index (κ2) is 5.62. The average Bonchev–Trinajstić information content (AvgIpc) is 2.81. The molecule has 5 nitrogen and oxygen atoms in total. The molecule has 0 aliphatic heterocycles. The Hall–Kier alpha value is -1.91. The lowest BCUT2D eigenvalue weighted by atomic mass is 10.3. The molecule has 0 aromatic carbocycles. The van der Waals surface area contributed by atoms with E-state index in [1.807, 2.05) is 6.92 Å². The molecule has 96 valence electrons. The fraction of sp³-hybridized carbons (Fsp3) is 0.462. The third kappa shape index (κ3) is 2.34. The Morgan fingerprint density at radius 2 is 1.89 bits per heavy atom. The summed E-state index contributed by atoms with van der Waals surface area (Å²) in [5.41, 5.74) is -0.0605. The Morgan fingerprint density at radius 1 is 1.11 bits per heavy atom. The van der Waals surface area contributed by atoms with Gasteiger partial charge >= 0.3 is 0 Å². The topological polar surface area (TPSA) is 52.7 Å². The van der Waals surface area contributed by atoms with Crippen LogP contribution in [0.15, 0.2) is 29.6 Å². The maximum absolute atomic E-state index is 12.3. The van der Waals surface area contributed by atoms with Gasteiger partial charge in [0.2, 0.25) is 5.82 Å². The maximum Gasteiger partial charge on any atom is 0.294 e. The van der Waals surface area contributed by atoms with Crippen molar-refractivity contribution in [3.05, 3.63) is 41.0 Å². The second-order valence-electron chi connectivity index (χ2n) is 4.21. The molecule has 0 N–H and O–H groups in total. The number of aryl methyl sites for hydroxylation is 2. The Labute approximate surface area is 106 Å². The van der Waals surface area contributed by atoms with Gasteiger partial charge < -0.3 is 4.57 Å². The highest BCUT2D eigenvalue weighted by Crippen LogP contribution is 2.05. The quantitative estimate of drug-likeness (QED) is 0.808. The predicted molar refractivity (Wildman–Crippen MR) is 69.9 cm³/mol. The molecule has 0 bridgehead atoms. The van der Waals surface area contributed by atoms with Gasteiger partial charge in [-0.15, -0.1) is 0 Å². The molecule has 2 aromatic heterocycles. The molecule has 0 amide bonds. The van der Waals surface area contributed by atoms with Crippen molar-refractivity contribution in [3.63, 3.8) is 0 Å². The first-order valence-electron chi connectivity index (χ1n) is 6.36. The van der Waals surface area contributed by atoms with Crippen molar-refractivity contribution in [3.8, 4) is 5.82 Å². The van der Waals surface area contributed by atoms with E-state index < -0.39 is 0 Å². The first-order valence-corrected chi connectivity index (χ1v) is 6.36. The van der Waals surface area contributed by atoms with Crippen molar-refractivity contribution in [1.29, 1.82) is 0 Å². The van der Waals surface area contributed by atoms with Crippen LogP contribution in [0.5, 0.6) is 0 Å². The molecular formula is C13H18N4O. The van der Waals surface area contributed by atoms with Crippen LogP contribution in [0.4, 0.5) is 0 Å². The average molecular weight is 246 g/mol. The van der Waals surface area contributed by atoms with E-state index in [-0.39, 0.29) is 5.56 Å². The minimum absolute atomic E-state index is 0.0605. The van der Waals surface area contributed by atoms with Gasteiger partial charge in [-0.3, -0.25) is 9.36 Å².